The van der Waals surface area contributed by atoms with Crippen LogP contribution in [0.5, 0.6) is 11.5 Å². The van der Waals surface area contributed by atoms with Gasteiger partial charge in [-0.25, -0.2) is 29.1 Å². The van der Waals surface area contributed by atoms with Crippen molar-refractivity contribution in [3.63, 3.8) is 0 Å². The van der Waals surface area contributed by atoms with Gasteiger partial charge in [0.15, 0.2) is 0 Å². The molecule has 0 fully saturated rings. The summed E-state index contributed by atoms with van der Waals surface area (Å²) in [5.74, 6) is -4.40. The molecule has 0 bridgehead atoms. The standard InChI is InChI=1S/2C39H30N8O15.ClH/c2*1-5-39(26-13-30-34-18(14-43(30)36(49)25(26)16-60-38(39)51)8-21-24(15-42(3)4)31(48)7-6-27(21)40-34)61-37(50)17(2)62-41-35-22-9-19(44(52)53)11-28(46(56)57)32(22)33-23(35)10-20(45(54)55)12-29(33)47(58)59;/h2*6-13,17,48H,5,14-16H2,1-4H3;1H/t17-,39+;17-,39-;/m10./s1. The van der Waals surface area contributed by atoms with Gasteiger partial charge < -0.3 is 57.8 Å². The van der Waals surface area contributed by atoms with Crippen LogP contribution in [-0.2, 0) is 98.4 Å². The molecule has 10 aromatic rings. The number of pyridine rings is 4. The number of rotatable bonds is 22. The van der Waals surface area contributed by atoms with Crippen molar-refractivity contribution in [3.8, 4) is 56.5 Å². The molecule has 0 saturated heterocycles. The number of benzene rings is 6. The first-order valence-corrected chi connectivity index (χ1v) is 37.0. The topological polar surface area (TPSA) is 610 Å². The highest BCUT2D eigenvalue weighted by Crippen LogP contribution is 2.54. The minimum absolute atomic E-state index is 0. The van der Waals surface area contributed by atoms with Crippen LogP contribution in [0.1, 0.15) is 107 Å². The third-order valence-electron chi connectivity index (χ3n) is 21.8. The van der Waals surface area contributed by atoms with Gasteiger partial charge in [0.2, 0.25) is 23.4 Å². The number of nitrogens with zero attached hydrogens (tertiary/aromatic N) is 16. The van der Waals surface area contributed by atoms with Crippen LogP contribution in [0.3, 0.4) is 0 Å². The summed E-state index contributed by atoms with van der Waals surface area (Å²) in [5.41, 5.74) is -12.5. The molecule has 0 saturated carbocycles. The zero-order valence-electron chi connectivity index (χ0n) is 65.9. The minimum atomic E-state index is -2.22. The maximum atomic E-state index is 14.1. The summed E-state index contributed by atoms with van der Waals surface area (Å²) in [6.45, 7) is 5.36. The smallest absolute Gasteiger partial charge is 0.355 e. The van der Waals surface area contributed by atoms with Crippen LogP contribution in [0, 0.1) is 80.9 Å². The fourth-order valence-corrected chi connectivity index (χ4v) is 16.1. The molecule has 6 aromatic carbocycles. The summed E-state index contributed by atoms with van der Waals surface area (Å²) < 4.78 is 25.4. The fraction of sp³-hybridized carbons (Fsp3) is 0.256. The first-order valence-electron chi connectivity index (χ1n) is 37.0. The highest BCUT2D eigenvalue weighted by atomic mass is 35.5. The van der Waals surface area contributed by atoms with Gasteiger partial charge in [-0.3, -0.25) is 90.5 Å². The molecular formula is C78H61ClN16O30. The predicted octanol–water partition coefficient (Wildman–Crippen LogP) is 10.2. The molecule has 125 heavy (non-hydrogen) atoms. The van der Waals surface area contributed by atoms with E-state index in [1.165, 1.54) is 47.2 Å². The van der Waals surface area contributed by atoms with Crippen molar-refractivity contribution in [2.45, 2.75) is 103 Å². The van der Waals surface area contributed by atoms with Gasteiger partial charge >= 0.3 is 23.9 Å². The number of non-ortho nitro benzene ring substituents is 4. The maximum absolute atomic E-state index is 14.1. The van der Waals surface area contributed by atoms with E-state index in [0.717, 1.165) is 38.1 Å². The Bertz CT molecular complexity index is 6270. The van der Waals surface area contributed by atoms with Crippen LogP contribution in [0.25, 0.3) is 66.8 Å². The first-order chi connectivity index (χ1) is 58.7. The molecule has 0 spiro atoms. The molecule has 47 heteroatoms. The summed E-state index contributed by atoms with van der Waals surface area (Å²) in [7, 11) is 7.39. The lowest BCUT2D eigenvalue weighted by Gasteiger charge is -2.36. The van der Waals surface area contributed by atoms with E-state index in [-0.39, 0.29) is 72.1 Å². The first kappa shape index (κ1) is 85.3. The predicted molar refractivity (Wildman–Crippen MR) is 432 cm³/mol. The normalized spacial score (nSPS) is 16.0. The Morgan fingerprint density at radius 3 is 1.06 bits per heavy atom. The van der Waals surface area contributed by atoms with E-state index in [4.69, 9.17) is 38.6 Å². The summed E-state index contributed by atoms with van der Waals surface area (Å²) in [5, 5.41) is 126. The van der Waals surface area contributed by atoms with E-state index in [0.29, 0.717) is 104 Å². The summed E-state index contributed by atoms with van der Waals surface area (Å²) in [6, 6.07) is 18.5. The third kappa shape index (κ3) is 14.0. The number of oxime groups is 2. The van der Waals surface area contributed by atoms with Gasteiger partial charge in [-0.1, -0.05) is 24.2 Å². The molecule has 4 aromatic heterocycles. The number of hydrogen-bond acceptors (Lipinski definition) is 36. The van der Waals surface area contributed by atoms with E-state index in [1.807, 2.05) is 50.1 Å². The largest absolute Gasteiger partial charge is 0.508 e. The molecule has 0 unspecified atom stereocenters. The van der Waals surface area contributed by atoms with Crippen molar-refractivity contribution < 1.29 is 97.4 Å². The van der Waals surface area contributed by atoms with Gasteiger partial charge in [0, 0.05) is 104 Å². The van der Waals surface area contributed by atoms with Crippen LogP contribution in [0.2, 0.25) is 0 Å². The number of phenolic OH excluding ortho intramolecular Hbond substituents is 2. The lowest BCUT2D eigenvalue weighted by Crippen LogP contribution is -2.48. The monoisotopic (exact) mass is 1740 g/mol. The molecule has 0 amide bonds. The Morgan fingerprint density at radius 1 is 0.480 bits per heavy atom. The van der Waals surface area contributed by atoms with Crippen LogP contribution >= 0.6 is 12.4 Å². The molecule has 6 aliphatic rings. The molecule has 46 nitrogen and oxygen atoms in total. The fourth-order valence-electron chi connectivity index (χ4n) is 16.1. The van der Waals surface area contributed by atoms with Gasteiger partial charge in [-0.15, -0.1) is 12.4 Å². The lowest BCUT2D eigenvalue weighted by molar-refractivity contribution is -0.395. The Kier molecular flexibility index (Phi) is 21.5. The average Bonchev–Trinajstić information content (AvgIpc) is 1.61. The lowest BCUT2D eigenvalue weighted by atomic mass is 9.85. The summed E-state index contributed by atoms with van der Waals surface area (Å²) in [4.78, 5) is 196. The third-order valence-corrected chi connectivity index (χ3v) is 21.8. The number of halogens is 1. The Morgan fingerprint density at radius 2 is 0.784 bits per heavy atom. The number of fused-ring (bicyclic) bond motifs is 16. The molecule has 2 aliphatic carbocycles. The van der Waals surface area contributed by atoms with E-state index in [2.05, 4.69) is 10.3 Å². The molecule has 4 aliphatic heterocycles. The van der Waals surface area contributed by atoms with Crippen LogP contribution in [-0.4, -0.2) is 154 Å². The second kappa shape index (κ2) is 31.5. The highest BCUT2D eigenvalue weighted by Gasteiger charge is 2.54. The van der Waals surface area contributed by atoms with Crippen molar-refractivity contribution in [2.75, 3.05) is 28.2 Å². The highest BCUT2D eigenvalue weighted by molar-refractivity contribution is 6.28. The number of esters is 4. The van der Waals surface area contributed by atoms with Gasteiger partial charge in [0.05, 0.1) is 144 Å². The zero-order valence-corrected chi connectivity index (χ0v) is 66.8. The Hall–Kier alpha value is -16.1. The number of nitro groups is 8. The van der Waals surface area contributed by atoms with Crippen molar-refractivity contribution in [3.05, 3.63) is 265 Å². The quantitative estimate of drug-likeness (QED) is 0.0275. The van der Waals surface area contributed by atoms with Gasteiger partial charge in [0.1, 0.15) is 36.1 Å². The molecular weight excluding hydrogens is 1680 g/mol. The zero-order chi connectivity index (χ0) is 89.4. The minimum Gasteiger partial charge on any atom is -0.508 e. The van der Waals surface area contributed by atoms with E-state index >= 15 is 0 Å². The second-order valence-electron chi connectivity index (χ2n) is 29.7. The van der Waals surface area contributed by atoms with Gasteiger partial charge in [0.25, 0.3) is 56.6 Å². The molecule has 2 N–H and O–H groups in total. The van der Waals surface area contributed by atoms with E-state index in [1.54, 1.807) is 12.1 Å². The summed E-state index contributed by atoms with van der Waals surface area (Å²) >= 11 is 0. The number of hydrogen-bond donors (Lipinski definition) is 2. The van der Waals surface area contributed by atoms with Crippen molar-refractivity contribution in [2.24, 2.45) is 10.3 Å². The number of aromatic hydroxyl groups is 2. The van der Waals surface area contributed by atoms with Crippen molar-refractivity contribution >= 4 is 115 Å². The second-order valence-corrected chi connectivity index (χ2v) is 29.7. The summed E-state index contributed by atoms with van der Waals surface area (Å²) in [6.07, 6.45) is -4.03. The van der Waals surface area contributed by atoms with E-state index in [9.17, 15) is 120 Å². The number of carbonyl (C=O) groups excluding carboxylic acids is 4. The SMILES string of the molecule is CC[C@@]1(OC(=O)[C@@H](C)ON=C2c3cc([N+](=O)[O-])cc([N+](=O)[O-])c3-c3c2cc([N+](=O)[O-])cc3[N+](=O)[O-])C(=O)OCc2c1cc1n(c2=O)Cc2cc3c(CN(C)C)c(O)ccc3nc2-1.CC[C@@]1(OC(=O)[C@H](C)ON=C2c3cc([N+](=O)[O-])cc([N+](=O)[O-])c3-c3c2cc([N+](=O)[O-])cc3[N+](=O)[O-])C(=O)OCc2c1cc1n(c2=O)Cc2cc3c(CN(C)C)c(O)ccc3nc2-1.Cl. The molecule has 4 atom stereocenters. The van der Waals surface area contributed by atoms with Crippen LogP contribution < -0.4 is 11.1 Å². The molecule has 16 rings (SSSR count). The van der Waals surface area contributed by atoms with Gasteiger partial charge in [-0.05, 0) is 103 Å². The number of phenols is 2. The van der Waals surface area contributed by atoms with Crippen molar-refractivity contribution in [1.29, 1.82) is 0 Å². The average molecular weight is 1740 g/mol. The number of carbonyl (C=O) groups is 4. The Balaban J connectivity index is 0.000000202. The Labute approximate surface area is 702 Å². The number of aromatic nitrogens is 4. The number of nitro benzene ring substituents is 8. The number of ether oxygens (including phenoxy) is 4. The van der Waals surface area contributed by atoms with Crippen LogP contribution in [0.15, 0.2) is 117 Å². The maximum Gasteiger partial charge on any atom is 0.355 e. The molecule has 8 heterocycles. The molecule has 640 valence electrons. The van der Waals surface area contributed by atoms with Crippen LogP contribution in [0.4, 0.5) is 45.5 Å². The number of cyclic esters (lactones) is 2. The van der Waals surface area contributed by atoms with E-state index < -0.39 is 212 Å². The molecule has 0 radical (unpaired) electrons. The van der Waals surface area contributed by atoms with Crippen molar-refractivity contribution in [1.82, 2.24) is 28.9 Å². The van der Waals surface area contributed by atoms with Gasteiger partial charge in [-0.2, -0.15) is 0 Å².